The number of benzene rings is 1. The number of aryl methyl sites for hydroxylation is 1. The van der Waals surface area contributed by atoms with Crippen molar-refractivity contribution in [2.24, 2.45) is 0 Å². The van der Waals surface area contributed by atoms with E-state index in [4.69, 9.17) is 5.26 Å². The second kappa shape index (κ2) is 7.07. The largest absolute Gasteiger partial charge is 0.365 e. The van der Waals surface area contributed by atoms with Crippen LogP contribution in [0.25, 0.3) is 0 Å². The van der Waals surface area contributed by atoms with Crippen LogP contribution in [-0.4, -0.2) is 11.5 Å². The fourth-order valence-corrected chi connectivity index (χ4v) is 2.34. The number of nitriles is 2. The molecule has 0 spiro atoms. The fourth-order valence-electron chi connectivity index (χ4n) is 2.34. The van der Waals surface area contributed by atoms with E-state index >= 15 is 0 Å². The van der Waals surface area contributed by atoms with Gasteiger partial charge in [-0.25, -0.2) is 0 Å². The summed E-state index contributed by atoms with van der Waals surface area (Å²) in [7, 11) is 0. The smallest absolute Gasteiger partial charge is 0.101 e. The highest BCUT2D eigenvalue weighted by Crippen LogP contribution is 2.26. The first-order valence-electron chi connectivity index (χ1n) is 6.76. The lowest BCUT2D eigenvalue weighted by Crippen LogP contribution is -2.25. The Morgan fingerprint density at radius 3 is 2.71 bits per heavy atom. The number of para-hydroxylation sites is 1. The minimum absolute atomic E-state index is 0.416. The molecule has 1 heterocycles. The molecule has 0 fully saturated rings. The van der Waals surface area contributed by atoms with Crippen molar-refractivity contribution < 1.29 is 0 Å². The van der Waals surface area contributed by atoms with Crippen molar-refractivity contribution in [2.75, 3.05) is 11.4 Å². The van der Waals surface area contributed by atoms with Gasteiger partial charge >= 0.3 is 0 Å². The second-order valence-electron chi connectivity index (χ2n) is 4.77. The minimum atomic E-state index is 0.416. The highest BCUT2D eigenvalue weighted by molar-refractivity contribution is 5.64. The molecular weight excluding hydrogens is 260 g/mol. The summed E-state index contributed by atoms with van der Waals surface area (Å²) in [6.45, 7) is 3.21. The molecular formula is C17H16N4. The van der Waals surface area contributed by atoms with E-state index in [1.807, 2.05) is 43.5 Å². The molecule has 21 heavy (non-hydrogen) atoms. The lowest BCUT2D eigenvalue weighted by molar-refractivity contribution is 0.791. The average molecular weight is 276 g/mol. The van der Waals surface area contributed by atoms with Crippen LogP contribution in [0.4, 0.5) is 5.69 Å². The summed E-state index contributed by atoms with van der Waals surface area (Å²) >= 11 is 0. The van der Waals surface area contributed by atoms with Crippen molar-refractivity contribution in [1.82, 2.24) is 4.98 Å². The summed E-state index contributed by atoms with van der Waals surface area (Å²) in [6, 6.07) is 14.0. The Kier molecular flexibility index (Phi) is 4.90. The standard InChI is InChI=1S/C17H16N4/c1-14-5-2-7-16(11-19)17(14)21(10-4-8-18)13-15-6-3-9-20-12-15/h2-3,5-7,9,12H,4,10,13H2,1H3. The van der Waals surface area contributed by atoms with Gasteiger partial charge in [0.25, 0.3) is 0 Å². The molecule has 2 aromatic rings. The van der Waals surface area contributed by atoms with Gasteiger partial charge in [0, 0.05) is 25.5 Å². The molecule has 104 valence electrons. The summed E-state index contributed by atoms with van der Waals surface area (Å²) in [5.41, 5.74) is 3.63. The van der Waals surface area contributed by atoms with Gasteiger partial charge in [-0.1, -0.05) is 18.2 Å². The number of pyridine rings is 1. The molecule has 0 unspecified atom stereocenters. The number of anilines is 1. The zero-order valence-corrected chi connectivity index (χ0v) is 12.0. The maximum Gasteiger partial charge on any atom is 0.101 e. The van der Waals surface area contributed by atoms with Crippen LogP contribution in [0, 0.1) is 29.6 Å². The molecule has 0 aliphatic heterocycles. The average Bonchev–Trinajstić information content (AvgIpc) is 2.52. The second-order valence-corrected chi connectivity index (χ2v) is 4.77. The van der Waals surface area contributed by atoms with Gasteiger partial charge in [-0.3, -0.25) is 4.98 Å². The van der Waals surface area contributed by atoms with E-state index in [0.29, 0.717) is 25.1 Å². The van der Waals surface area contributed by atoms with Gasteiger partial charge in [0.05, 0.1) is 23.7 Å². The Hall–Kier alpha value is -2.85. The first-order chi connectivity index (χ1) is 10.3. The molecule has 0 saturated carbocycles. The fraction of sp³-hybridized carbons (Fsp3) is 0.235. The Bertz CT molecular complexity index is 680. The van der Waals surface area contributed by atoms with Crippen LogP contribution in [0.2, 0.25) is 0 Å². The Balaban J connectivity index is 2.37. The lowest BCUT2D eigenvalue weighted by Gasteiger charge is -2.26. The van der Waals surface area contributed by atoms with Crippen molar-refractivity contribution in [3.8, 4) is 12.1 Å². The number of hydrogen-bond acceptors (Lipinski definition) is 4. The van der Waals surface area contributed by atoms with Crippen LogP contribution in [0.15, 0.2) is 42.7 Å². The third-order valence-corrected chi connectivity index (χ3v) is 3.26. The van der Waals surface area contributed by atoms with Gasteiger partial charge in [0.1, 0.15) is 6.07 Å². The summed E-state index contributed by atoms with van der Waals surface area (Å²) in [5.74, 6) is 0. The highest BCUT2D eigenvalue weighted by Gasteiger charge is 2.14. The first-order valence-corrected chi connectivity index (χ1v) is 6.76. The van der Waals surface area contributed by atoms with Gasteiger partial charge in [-0.2, -0.15) is 10.5 Å². The molecule has 0 saturated heterocycles. The summed E-state index contributed by atoms with van der Waals surface area (Å²) < 4.78 is 0. The molecule has 0 aliphatic rings. The van der Waals surface area contributed by atoms with E-state index in [9.17, 15) is 5.26 Å². The number of rotatable bonds is 5. The van der Waals surface area contributed by atoms with Crippen LogP contribution >= 0.6 is 0 Å². The predicted molar refractivity (Wildman–Crippen MR) is 81.4 cm³/mol. The van der Waals surface area contributed by atoms with E-state index in [2.05, 4.69) is 22.0 Å². The first kappa shape index (κ1) is 14.6. The molecule has 2 rings (SSSR count). The van der Waals surface area contributed by atoms with E-state index in [1.54, 1.807) is 6.20 Å². The number of nitrogens with zero attached hydrogens (tertiary/aromatic N) is 4. The van der Waals surface area contributed by atoms with Crippen molar-refractivity contribution in [3.05, 3.63) is 59.4 Å². The monoisotopic (exact) mass is 276 g/mol. The topological polar surface area (TPSA) is 63.7 Å². The molecule has 0 aliphatic carbocycles. The zero-order valence-electron chi connectivity index (χ0n) is 12.0. The van der Waals surface area contributed by atoms with Gasteiger partial charge in [0.2, 0.25) is 0 Å². The van der Waals surface area contributed by atoms with Crippen molar-refractivity contribution in [3.63, 3.8) is 0 Å². The molecule has 0 amide bonds. The third kappa shape index (κ3) is 3.58. The molecule has 1 aromatic carbocycles. The van der Waals surface area contributed by atoms with E-state index in [-0.39, 0.29) is 0 Å². The highest BCUT2D eigenvalue weighted by atomic mass is 15.1. The van der Waals surface area contributed by atoms with Crippen LogP contribution in [0.5, 0.6) is 0 Å². The van der Waals surface area contributed by atoms with E-state index < -0.39 is 0 Å². The molecule has 4 nitrogen and oxygen atoms in total. The van der Waals surface area contributed by atoms with E-state index in [1.165, 1.54) is 0 Å². The number of aromatic nitrogens is 1. The predicted octanol–water partition coefficient (Wildman–Crippen LogP) is 3.18. The maximum absolute atomic E-state index is 9.33. The van der Waals surface area contributed by atoms with Crippen molar-refractivity contribution in [2.45, 2.75) is 19.9 Å². The Morgan fingerprint density at radius 1 is 1.19 bits per heavy atom. The van der Waals surface area contributed by atoms with Crippen molar-refractivity contribution >= 4 is 5.69 Å². The van der Waals surface area contributed by atoms with Gasteiger partial charge in [-0.15, -0.1) is 0 Å². The Morgan fingerprint density at radius 2 is 2.05 bits per heavy atom. The summed E-state index contributed by atoms with van der Waals surface area (Å²) in [4.78, 5) is 6.20. The molecule has 0 radical (unpaired) electrons. The van der Waals surface area contributed by atoms with Crippen LogP contribution in [0.3, 0.4) is 0 Å². The molecule has 0 atom stereocenters. The van der Waals surface area contributed by atoms with Gasteiger partial charge in [-0.05, 0) is 30.2 Å². The summed E-state index contributed by atoms with van der Waals surface area (Å²) in [6.07, 6.45) is 3.96. The van der Waals surface area contributed by atoms with Gasteiger partial charge < -0.3 is 4.90 Å². The molecule has 0 bridgehead atoms. The van der Waals surface area contributed by atoms with Gasteiger partial charge in [0.15, 0.2) is 0 Å². The quantitative estimate of drug-likeness (QED) is 0.841. The molecule has 0 N–H and O–H groups in total. The zero-order chi connectivity index (χ0) is 15.1. The van der Waals surface area contributed by atoms with E-state index in [0.717, 1.165) is 16.8 Å². The SMILES string of the molecule is Cc1cccc(C#N)c1N(CCC#N)Cc1cccnc1. The Labute approximate surface area is 124 Å². The van der Waals surface area contributed by atoms with Crippen LogP contribution in [-0.2, 0) is 6.54 Å². The summed E-state index contributed by atoms with van der Waals surface area (Å²) in [5, 5.41) is 18.2. The normalized spacial score (nSPS) is 9.67. The number of hydrogen-bond donors (Lipinski definition) is 0. The van der Waals surface area contributed by atoms with Crippen molar-refractivity contribution in [1.29, 1.82) is 10.5 Å². The van der Waals surface area contributed by atoms with Crippen LogP contribution < -0.4 is 4.90 Å². The van der Waals surface area contributed by atoms with Crippen LogP contribution in [0.1, 0.15) is 23.1 Å². The molecule has 4 heteroatoms. The molecule has 1 aromatic heterocycles. The lowest BCUT2D eigenvalue weighted by atomic mass is 10.1. The maximum atomic E-state index is 9.33. The third-order valence-electron chi connectivity index (χ3n) is 3.26. The minimum Gasteiger partial charge on any atom is -0.365 e.